The molecule has 2 heterocycles. The van der Waals surface area contributed by atoms with Gasteiger partial charge in [0.25, 0.3) is 0 Å². The maximum Gasteiger partial charge on any atom is 0.445 e. The molecular formula is C16H20BClN2O3Si. The van der Waals surface area contributed by atoms with Crippen LogP contribution in [0.25, 0.3) is 16.5 Å². The highest BCUT2D eigenvalue weighted by atomic mass is 35.5. The van der Waals surface area contributed by atoms with Crippen molar-refractivity contribution in [2.75, 3.05) is 5.23 Å². The number of hydrogen-bond acceptors (Lipinski definition) is 5. The molecular weight excluding hydrogens is 343 g/mol. The van der Waals surface area contributed by atoms with E-state index in [1.807, 2.05) is 12.1 Å². The van der Waals surface area contributed by atoms with Gasteiger partial charge in [0.1, 0.15) is 11.4 Å². The molecule has 5 nitrogen and oxygen atoms in total. The van der Waals surface area contributed by atoms with Crippen LogP contribution >= 0.6 is 11.6 Å². The van der Waals surface area contributed by atoms with Crippen LogP contribution in [0, 0.1) is 0 Å². The second-order valence-corrected chi connectivity index (χ2v) is 12.5. The van der Waals surface area contributed by atoms with Crippen molar-refractivity contribution < 1.29 is 14.7 Å². The van der Waals surface area contributed by atoms with Crippen molar-refractivity contribution >= 4 is 37.6 Å². The number of fused-ring (bicyclic) bond motifs is 1. The summed E-state index contributed by atoms with van der Waals surface area (Å²) in [6.07, 6.45) is -0.772. The van der Waals surface area contributed by atoms with Crippen LogP contribution in [0.3, 0.4) is 0 Å². The average molecular weight is 363 g/mol. The maximum atomic E-state index is 10.6. The van der Waals surface area contributed by atoms with Crippen molar-refractivity contribution in [3.63, 3.8) is 0 Å². The van der Waals surface area contributed by atoms with Gasteiger partial charge in [-0.1, -0.05) is 48.5 Å². The van der Waals surface area contributed by atoms with E-state index >= 15 is 0 Å². The molecule has 0 aliphatic carbocycles. The van der Waals surface area contributed by atoms with Crippen LogP contribution in [0.5, 0.6) is 0 Å². The highest BCUT2D eigenvalue weighted by Gasteiger charge is 2.41. The number of hydrogen-bond donors (Lipinski definition) is 3. The van der Waals surface area contributed by atoms with E-state index in [2.05, 4.69) is 30.0 Å². The van der Waals surface area contributed by atoms with Crippen LogP contribution in [0.1, 0.15) is 12.7 Å². The largest absolute Gasteiger partial charge is 0.445 e. The molecule has 0 amide bonds. The quantitative estimate of drug-likeness (QED) is 0.729. The predicted octanol–water partition coefficient (Wildman–Crippen LogP) is 3.45. The van der Waals surface area contributed by atoms with E-state index in [-0.39, 0.29) is 0 Å². The molecule has 8 heteroatoms. The second kappa shape index (κ2) is 6.07. The topological polar surface area (TPSA) is 78.5 Å². The number of aliphatic hydroxyl groups is 1. The van der Waals surface area contributed by atoms with Gasteiger partial charge < -0.3 is 19.9 Å². The Morgan fingerprint density at radius 2 is 1.88 bits per heavy atom. The van der Waals surface area contributed by atoms with Gasteiger partial charge in [0, 0.05) is 10.6 Å². The Bertz CT molecular complexity index is 797. The third-order valence-electron chi connectivity index (χ3n) is 4.10. The molecule has 1 aliphatic rings. The second-order valence-electron chi connectivity index (χ2n) is 7.05. The molecule has 1 aromatic heterocycles. The van der Waals surface area contributed by atoms with Gasteiger partial charge in [-0.25, -0.2) is 0 Å². The Balaban J connectivity index is 2.21. The molecule has 1 atom stereocenters. The zero-order valence-corrected chi connectivity index (χ0v) is 15.8. The lowest BCUT2D eigenvalue weighted by Crippen LogP contribution is -2.41. The van der Waals surface area contributed by atoms with Gasteiger partial charge in [0.15, 0.2) is 5.76 Å². The zero-order valence-electron chi connectivity index (χ0n) is 14.1. The van der Waals surface area contributed by atoms with Gasteiger partial charge in [-0.15, -0.1) is 0 Å². The molecule has 3 N–H and O–H groups in total. The van der Waals surface area contributed by atoms with E-state index in [0.29, 0.717) is 27.6 Å². The summed E-state index contributed by atoms with van der Waals surface area (Å²) in [4.78, 5) is 0. The molecule has 0 bridgehead atoms. The number of rotatable bonds is 3. The fourth-order valence-corrected chi connectivity index (χ4v) is 5.28. The molecule has 1 aliphatic heterocycles. The minimum absolute atomic E-state index is 0.570. The van der Waals surface area contributed by atoms with E-state index in [1.54, 1.807) is 19.1 Å². The fraction of sp³-hybridized carbons (Fsp3) is 0.312. The van der Waals surface area contributed by atoms with Crippen LogP contribution in [-0.4, -0.2) is 36.5 Å². The van der Waals surface area contributed by atoms with Gasteiger partial charge in [0.05, 0.1) is 14.2 Å². The summed E-state index contributed by atoms with van der Waals surface area (Å²) in [7, 11) is -2.87. The van der Waals surface area contributed by atoms with Gasteiger partial charge in [-0.05, 0) is 29.7 Å². The first kappa shape index (κ1) is 17.3. The lowest BCUT2D eigenvalue weighted by molar-refractivity contribution is 0.236. The highest BCUT2D eigenvalue weighted by Crippen LogP contribution is 2.43. The first-order valence-corrected chi connectivity index (χ1v) is 11.7. The number of aromatic nitrogens is 1. The first-order valence-electron chi connectivity index (χ1n) is 7.83. The molecule has 24 heavy (non-hydrogen) atoms. The smallest absolute Gasteiger partial charge is 0.429 e. The molecule has 3 rings (SSSR count). The minimum Gasteiger partial charge on any atom is -0.429 e. The Labute approximate surface area is 147 Å². The monoisotopic (exact) mass is 362 g/mol. The minimum atomic E-state index is -1.91. The molecule has 0 saturated carbocycles. The fourth-order valence-electron chi connectivity index (χ4n) is 3.09. The van der Waals surface area contributed by atoms with Crippen molar-refractivity contribution in [1.82, 2.24) is 5.16 Å². The lowest BCUT2D eigenvalue weighted by atomic mass is 9.67. The predicted molar refractivity (Wildman–Crippen MR) is 100 cm³/mol. The maximum absolute atomic E-state index is 10.6. The summed E-state index contributed by atoms with van der Waals surface area (Å²) in [5.74, 6) is 0.611. The molecule has 126 valence electrons. The zero-order chi connectivity index (χ0) is 17.6. The van der Waals surface area contributed by atoms with Gasteiger partial charge >= 0.3 is 7.05 Å². The molecule has 0 spiro atoms. The van der Waals surface area contributed by atoms with E-state index in [0.717, 1.165) is 10.8 Å². The van der Waals surface area contributed by atoms with Crippen LogP contribution in [0.2, 0.25) is 24.7 Å². The van der Waals surface area contributed by atoms with Crippen LogP contribution in [0.4, 0.5) is 5.69 Å². The van der Waals surface area contributed by atoms with Gasteiger partial charge in [-0.3, -0.25) is 0 Å². The van der Waals surface area contributed by atoms with Gasteiger partial charge in [-0.2, -0.15) is 0 Å². The number of halogens is 1. The van der Waals surface area contributed by atoms with Crippen molar-refractivity contribution in [3.8, 4) is 11.3 Å². The summed E-state index contributed by atoms with van der Waals surface area (Å²) in [5, 5.41) is 29.5. The molecule has 1 unspecified atom stereocenters. The number of aliphatic hydroxyl groups excluding tert-OH is 1. The summed E-state index contributed by atoms with van der Waals surface area (Å²) in [6.45, 7) is 8.10. The Morgan fingerprint density at radius 1 is 1.25 bits per heavy atom. The van der Waals surface area contributed by atoms with E-state index < -0.39 is 21.2 Å². The van der Waals surface area contributed by atoms with E-state index in [9.17, 15) is 10.1 Å². The van der Waals surface area contributed by atoms with E-state index in [4.69, 9.17) is 16.1 Å². The summed E-state index contributed by atoms with van der Waals surface area (Å²) >= 11 is 5.95. The van der Waals surface area contributed by atoms with Crippen molar-refractivity contribution in [1.29, 1.82) is 0 Å². The third kappa shape index (κ3) is 2.93. The highest BCUT2D eigenvalue weighted by molar-refractivity contribution is 6.96. The van der Waals surface area contributed by atoms with Crippen LogP contribution in [-0.2, 0) is 0 Å². The third-order valence-corrected chi connectivity index (χ3v) is 6.37. The summed E-state index contributed by atoms with van der Waals surface area (Å²) < 4.78 is 5.65. The SMILES string of the molecule is CC(O)C1=C([Si](C)(C)C)c2onc(-c3ccc(Cl)cc3)c2NB1O. The number of anilines is 1. The van der Waals surface area contributed by atoms with Gasteiger partial charge in [0.2, 0.25) is 0 Å². The van der Waals surface area contributed by atoms with Crippen molar-refractivity contribution in [2.24, 2.45) is 0 Å². The average Bonchev–Trinajstić information content (AvgIpc) is 2.88. The Hall–Kier alpha value is -1.54. The van der Waals surface area contributed by atoms with E-state index in [1.165, 1.54) is 0 Å². The molecule has 1 aromatic carbocycles. The normalized spacial score (nSPS) is 16.0. The Morgan fingerprint density at radius 3 is 2.42 bits per heavy atom. The number of benzene rings is 1. The number of nitrogens with one attached hydrogen (secondary N) is 1. The van der Waals surface area contributed by atoms with Crippen molar-refractivity contribution in [2.45, 2.75) is 32.7 Å². The van der Waals surface area contributed by atoms with Crippen molar-refractivity contribution in [3.05, 3.63) is 40.5 Å². The standard InChI is InChI=1S/C16H20BClN2O3Si/c1-9(21)12-16(24(2,3)4)15-14(19-17(12)22)13(20-23-15)10-5-7-11(18)8-6-10/h5-9,19,21-22H,1-4H3. The molecule has 0 saturated heterocycles. The van der Waals surface area contributed by atoms with Crippen LogP contribution < -0.4 is 5.23 Å². The summed E-state index contributed by atoms with van der Waals surface area (Å²) in [6, 6.07) is 7.29. The molecule has 0 fully saturated rings. The molecule has 0 radical (unpaired) electrons. The lowest BCUT2D eigenvalue weighted by Gasteiger charge is -2.31. The number of nitrogens with zero attached hydrogens (tertiary/aromatic N) is 1. The van der Waals surface area contributed by atoms with Crippen LogP contribution in [0.15, 0.2) is 34.3 Å². The summed E-state index contributed by atoms with van der Waals surface area (Å²) in [5.41, 5.74) is 2.70. The first-order chi connectivity index (χ1) is 11.2. The molecule has 2 aromatic rings. The Kier molecular flexibility index (Phi) is 4.38.